The van der Waals surface area contributed by atoms with Gasteiger partial charge < -0.3 is 9.64 Å². The minimum absolute atomic E-state index is 0.0247. The normalized spacial score (nSPS) is 24.5. The van der Waals surface area contributed by atoms with E-state index in [1.165, 1.54) is 4.90 Å². The Morgan fingerprint density at radius 3 is 3.05 bits per heavy atom. The Hall–Kier alpha value is -1.59. The molecule has 3 heterocycles. The zero-order chi connectivity index (χ0) is 15.0. The van der Waals surface area contributed by atoms with Crippen LogP contribution >= 0.6 is 11.8 Å². The van der Waals surface area contributed by atoms with Crippen LogP contribution in [0.25, 0.3) is 10.9 Å². The summed E-state index contributed by atoms with van der Waals surface area (Å²) in [7, 11) is 0. The molecule has 1 aromatic heterocycles. The maximum Gasteiger partial charge on any atom is 0.140 e. The first-order chi connectivity index (χ1) is 10.8. The van der Waals surface area contributed by atoms with Crippen LogP contribution in [0, 0.1) is 0 Å². The van der Waals surface area contributed by atoms with Gasteiger partial charge in [0.05, 0.1) is 17.7 Å². The van der Waals surface area contributed by atoms with Gasteiger partial charge in [-0.1, -0.05) is 12.2 Å². The molecule has 1 fully saturated rings. The highest BCUT2D eigenvalue weighted by Crippen LogP contribution is 2.36. The first-order valence-electron chi connectivity index (χ1n) is 7.62. The predicted octanol–water partition coefficient (Wildman–Crippen LogP) is 3.28. The smallest absolute Gasteiger partial charge is 0.140 e. The first-order valence-corrected chi connectivity index (χ1v) is 8.85. The molecule has 0 radical (unpaired) electrons. The van der Waals surface area contributed by atoms with Crippen molar-refractivity contribution in [1.82, 2.24) is 9.97 Å². The summed E-state index contributed by atoms with van der Waals surface area (Å²) in [6, 6.07) is 6.39. The van der Waals surface area contributed by atoms with E-state index in [1.54, 1.807) is 18.1 Å². The third-order valence-corrected chi connectivity index (χ3v) is 5.30. The Kier molecular flexibility index (Phi) is 3.54. The second-order valence-electron chi connectivity index (χ2n) is 5.92. The monoisotopic (exact) mass is 313 g/mol. The number of fused-ring (bicyclic) bond motifs is 1. The van der Waals surface area contributed by atoms with Gasteiger partial charge in [0.1, 0.15) is 12.1 Å². The fourth-order valence-corrected chi connectivity index (χ4v) is 3.80. The van der Waals surface area contributed by atoms with Crippen molar-refractivity contribution in [2.45, 2.75) is 23.3 Å². The molecule has 1 unspecified atom stereocenters. The molecule has 22 heavy (non-hydrogen) atoms. The van der Waals surface area contributed by atoms with Gasteiger partial charge in [-0.3, -0.25) is 0 Å². The van der Waals surface area contributed by atoms with Crippen molar-refractivity contribution in [3.05, 3.63) is 36.7 Å². The lowest BCUT2D eigenvalue weighted by molar-refractivity contribution is -0.0186. The summed E-state index contributed by atoms with van der Waals surface area (Å²) in [6.45, 7) is 2.63. The van der Waals surface area contributed by atoms with E-state index in [1.807, 2.05) is 0 Å². The van der Waals surface area contributed by atoms with Crippen LogP contribution in [0.3, 0.4) is 0 Å². The number of anilines is 1. The van der Waals surface area contributed by atoms with Crippen molar-refractivity contribution in [3.63, 3.8) is 0 Å². The molecule has 0 saturated carbocycles. The van der Waals surface area contributed by atoms with Crippen molar-refractivity contribution in [1.29, 1.82) is 0 Å². The van der Waals surface area contributed by atoms with Gasteiger partial charge in [-0.2, -0.15) is 0 Å². The van der Waals surface area contributed by atoms with Gasteiger partial charge in [-0.25, -0.2) is 9.97 Å². The van der Waals surface area contributed by atoms with Crippen molar-refractivity contribution in [2.24, 2.45) is 0 Å². The Bertz CT molecular complexity index is 733. The largest absolute Gasteiger partial charge is 0.369 e. The molecule has 4 rings (SSSR count). The lowest BCUT2D eigenvalue weighted by Gasteiger charge is -2.31. The Labute approximate surface area is 134 Å². The van der Waals surface area contributed by atoms with E-state index in [2.05, 4.69) is 51.5 Å². The number of aromatic nitrogens is 2. The zero-order valence-electron chi connectivity index (χ0n) is 12.7. The van der Waals surface area contributed by atoms with E-state index in [0.717, 1.165) is 49.3 Å². The first kappa shape index (κ1) is 14.0. The number of hydrogen-bond acceptors (Lipinski definition) is 5. The molecule has 2 aromatic rings. The van der Waals surface area contributed by atoms with E-state index < -0.39 is 0 Å². The molecule has 1 saturated heterocycles. The highest BCUT2D eigenvalue weighted by Gasteiger charge is 2.40. The average Bonchev–Trinajstić information content (AvgIpc) is 2.97. The molecule has 1 aromatic carbocycles. The number of benzene rings is 1. The van der Waals surface area contributed by atoms with Crippen LogP contribution in [0.2, 0.25) is 0 Å². The van der Waals surface area contributed by atoms with Gasteiger partial charge in [0, 0.05) is 23.4 Å². The van der Waals surface area contributed by atoms with Crippen molar-refractivity contribution in [2.75, 3.05) is 30.9 Å². The highest BCUT2D eigenvalue weighted by atomic mass is 32.2. The third-order valence-electron chi connectivity index (χ3n) is 4.58. The maximum atomic E-state index is 6.06. The van der Waals surface area contributed by atoms with Crippen LogP contribution in [0.15, 0.2) is 41.6 Å². The van der Waals surface area contributed by atoms with Crippen LogP contribution < -0.4 is 4.90 Å². The van der Waals surface area contributed by atoms with Crippen LogP contribution in [-0.2, 0) is 4.74 Å². The molecule has 5 heteroatoms. The molecular weight excluding hydrogens is 294 g/mol. The number of nitrogens with zero attached hydrogens (tertiary/aromatic N) is 3. The van der Waals surface area contributed by atoms with E-state index in [9.17, 15) is 0 Å². The molecule has 0 bridgehead atoms. The summed E-state index contributed by atoms with van der Waals surface area (Å²) in [4.78, 5) is 12.6. The molecule has 4 nitrogen and oxygen atoms in total. The Morgan fingerprint density at radius 1 is 1.27 bits per heavy atom. The highest BCUT2D eigenvalue weighted by molar-refractivity contribution is 7.98. The number of hydrogen-bond donors (Lipinski definition) is 0. The Balaban J connectivity index is 1.71. The SMILES string of the molecule is CSc1ccc2ncnc(N3CCC4(CC=CCO4)C3)c2c1. The van der Waals surface area contributed by atoms with Gasteiger partial charge in [0.15, 0.2) is 0 Å². The Morgan fingerprint density at radius 2 is 2.23 bits per heavy atom. The van der Waals surface area contributed by atoms with Crippen LogP contribution in [0.1, 0.15) is 12.8 Å². The molecule has 0 aliphatic carbocycles. The van der Waals surface area contributed by atoms with E-state index in [4.69, 9.17) is 4.74 Å². The third kappa shape index (κ3) is 2.38. The van der Waals surface area contributed by atoms with Crippen molar-refractivity contribution < 1.29 is 4.74 Å². The maximum absolute atomic E-state index is 6.06. The van der Waals surface area contributed by atoms with Crippen molar-refractivity contribution >= 4 is 28.5 Å². The van der Waals surface area contributed by atoms with Crippen molar-refractivity contribution in [3.8, 4) is 0 Å². The van der Waals surface area contributed by atoms with E-state index >= 15 is 0 Å². The molecule has 114 valence electrons. The minimum Gasteiger partial charge on any atom is -0.369 e. The predicted molar refractivity (Wildman–Crippen MR) is 90.6 cm³/mol. The quantitative estimate of drug-likeness (QED) is 0.628. The van der Waals surface area contributed by atoms with Gasteiger partial charge in [-0.15, -0.1) is 11.8 Å². The molecule has 0 amide bonds. The van der Waals surface area contributed by atoms with Gasteiger partial charge in [0.2, 0.25) is 0 Å². The van der Waals surface area contributed by atoms with Crippen LogP contribution in [-0.4, -0.2) is 41.5 Å². The fraction of sp³-hybridized carbons (Fsp3) is 0.412. The fourth-order valence-electron chi connectivity index (χ4n) is 3.36. The minimum atomic E-state index is -0.0247. The van der Waals surface area contributed by atoms with Gasteiger partial charge in [-0.05, 0) is 37.3 Å². The summed E-state index contributed by atoms with van der Waals surface area (Å²) in [5.74, 6) is 1.04. The molecular formula is C17H19N3OS. The molecule has 2 aliphatic heterocycles. The summed E-state index contributed by atoms with van der Waals surface area (Å²) >= 11 is 1.75. The van der Waals surface area contributed by atoms with E-state index in [-0.39, 0.29) is 5.60 Å². The van der Waals surface area contributed by atoms with Crippen LogP contribution in [0.4, 0.5) is 5.82 Å². The van der Waals surface area contributed by atoms with Crippen LogP contribution in [0.5, 0.6) is 0 Å². The van der Waals surface area contributed by atoms with Gasteiger partial charge >= 0.3 is 0 Å². The molecule has 1 atom stereocenters. The zero-order valence-corrected chi connectivity index (χ0v) is 13.5. The standard InChI is InChI=1S/C17H19N3OS/c1-22-13-4-5-15-14(10-13)16(19-12-18-15)20-8-7-17(11-20)6-2-3-9-21-17/h2-5,10,12H,6-9,11H2,1H3. The summed E-state index contributed by atoms with van der Waals surface area (Å²) < 4.78 is 6.06. The number of rotatable bonds is 2. The lowest BCUT2D eigenvalue weighted by atomic mass is 9.97. The summed E-state index contributed by atoms with van der Waals surface area (Å²) in [5, 5.41) is 1.14. The number of ether oxygens (including phenoxy) is 1. The number of thioether (sulfide) groups is 1. The second kappa shape index (κ2) is 5.56. The summed E-state index contributed by atoms with van der Waals surface area (Å²) in [6.07, 6.45) is 10.2. The second-order valence-corrected chi connectivity index (χ2v) is 6.80. The topological polar surface area (TPSA) is 38.2 Å². The average molecular weight is 313 g/mol. The molecule has 1 spiro atoms. The summed E-state index contributed by atoms with van der Waals surface area (Å²) in [5.41, 5.74) is 0.983. The lowest BCUT2D eigenvalue weighted by Crippen LogP contribution is -2.37. The van der Waals surface area contributed by atoms with Gasteiger partial charge in [0.25, 0.3) is 0 Å². The molecule has 0 N–H and O–H groups in total. The molecule has 2 aliphatic rings. The van der Waals surface area contributed by atoms with E-state index in [0.29, 0.717) is 0 Å².